The molecule has 0 bridgehead atoms. The molecule has 0 spiro atoms. The summed E-state index contributed by atoms with van der Waals surface area (Å²) in [6, 6.07) is 7.58. The van der Waals surface area contributed by atoms with Crippen LogP contribution in [0.1, 0.15) is 16.1 Å². The fraction of sp³-hybridized carbons (Fsp3) is 0.357. The summed E-state index contributed by atoms with van der Waals surface area (Å²) < 4.78 is 6.67. The number of benzene rings is 1. The molecule has 0 aliphatic carbocycles. The average Bonchev–Trinajstić information content (AvgIpc) is 2.96. The molecule has 1 aromatic carbocycles. The van der Waals surface area contributed by atoms with Crippen LogP contribution in [0, 0.1) is 0 Å². The molecule has 0 aliphatic rings. The average molecular weight is 289 g/mol. The van der Waals surface area contributed by atoms with Crippen LogP contribution in [-0.2, 0) is 13.1 Å². The lowest BCUT2D eigenvalue weighted by molar-refractivity contribution is 0.0779. The standard InChI is InChI=1S/C14H19N5O2/c1-18(9-11-3-5-12(21-2)6-4-11)14(20)13-10-19(8-7-15)17-16-13/h3-6,10H,7-9,15H2,1-2H3. The number of nitrogens with two attached hydrogens (primary N) is 1. The van der Waals surface area contributed by atoms with Gasteiger partial charge in [0, 0.05) is 20.1 Å². The van der Waals surface area contributed by atoms with E-state index in [0.717, 1.165) is 11.3 Å². The predicted octanol–water partition coefficient (Wildman–Crippen LogP) is 0.518. The van der Waals surface area contributed by atoms with Crippen LogP contribution < -0.4 is 10.5 Å². The quantitative estimate of drug-likeness (QED) is 0.837. The highest BCUT2D eigenvalue weighted by molar-refractivity contribution is 5.91. The molecular formula is C14H19N5O2. The summed E-state index contributed by atoms with van der Waals surface area (Å²) in [6.45, 7) is 1.49. The molecule has 2 rings (SSSR count). The third-order valence-corrected chi connectivity index (χ3v) is 3.04. The van der Waals surface area contributed by atoms with Crippen LogP contribution in [0.5, 0.6) is 5.75 Å². The first-order chi connectivity index (χ1) is 10.1. The van der Waals surface area contributed by atoms with E-state index in [1.807, 2.05) is 24.3 Å². The second-order valence-corrected chi connectivity index (χ2v) is 4.66. The topological polar surface area (TPSA) is 86.3 Å². The van der Waals surface area contributed by atoms with Crippen LogP contribution in [0.15, 0.2) is 30.5 Å². The van der Waals surface area contributed by atoms with Crippen molar-refractivity contribution in [3.63, 3.8) is 0 Å². The number of hydrogen-bond donors (Lipinski definition) is 1. The van der Waals surface area contributed by atoms with Crippen molar-refractivity contribution >= 4 is 5.91 Å². The summed E-state index contributed by atoms with van der Waals surface area (Å²) in [6.07, 6.45) is 1.61. The van der Waals surface area contributed by atoms with Gasteiger partial charge in [-0.15, -0.1) is 5.10 Å². The zero-order chi connectivity index (χ0) is 15.2. The number of carbonyl (C=O) groups is 1. The lowest BCUT2D eigenvalue weighted by Gasteiger charge is -2.15. The van der Waals surface area contributed by atoms with Gasteiger partial charge >= 0.3 is 0 Å². The molecule has 0 atom stereocenters. The van der Waals surface area contributed by atoms with E-state index in [4.69, 9.17) is 10.5 Å². The van der Waals surface area contributed by atoms with Gasteiger partial charge in [-0.25, -0.2) is 0 Å². The third kappa shape index (κ3) is 3.79. The fourth-order valence-corrected chi connectivity index (χ4v) is 1.91. The van der Waals surface area contributed by atoms with E-state index >= 15 is 0 Å². The van der Waals surface area contributed by atoms with Gasteiger partial charge in [-0.2, -0.15) is 0 Å². The summed E-state index contributed by atoms with van der Waals surface area (Å²) in [5, 5.41) is 7.73. The zero-order valence-corrected chi connectivity index (χ0v) is 12.2. The van der Waals surface area contributed by atoms with Crippen molar-refractivity contribution in [3.05, 3.63) is 41.7 Å². The molecule has 1 amide bonds. The maximum Gasteiger partial charge on any atom is 0.276 e. The number of rotatable bonds is 6. The largest absolute Gasteiger partial charge is 0.497 e. The molecule has 0 saturated heterocycles. The molecule has 7 nitrogen and oxygen atoms in total. The fourth-order valence-electron chi connectivity index (χ4n) is 1.91. The molecule has 0 saturated carbocycles. The molecule has 2 N–H and O–H groups in total. The number of amides is 1. The van der Waals surface area contributed by atoms with Crippen LogP contribution in [0.2, 0.25) is 0 Å². The predicted molar refractivity (Wildman–Crippen MR) is 77.9 cm³/mol. The Balaban J connectivity index is 2.00. The number of nitrogens with zero attached hydrogens (tertiary/aromatic N) is 4. The van der Waals surface area contributed by atoms with Gasteiger partial charge in [0.05, 0.1) is 19.9 Å². The van der Waals surface area contributed by atoms with Crippen LogP contribution in [-0.4, -0.2) is 46.5 Å². The monoisotopic (exact) mass is 289 g/mol. The summed E-state index contributed by atoms with van der Waals surface area (Å²) in [7, 11) is 3.35. The van der Waals surface area contributed by atoms with E-state index in [9.17, 15) is 4.79 Å². The molecular weight excluding hydrogens is 270 g/mol. The van der Waals surface area contributed by atoms with Crippen molar-refractivity contribution in [2.45, 2.75) is 13.1 Å². The first-order valence-electron chi connectivity index (χ1n) is 6.62. The van der Waals surface area contributed by atoms with Crippen LogP contribution in [0.25, 0.3) is 0 Å². The number of ether oxygens (including phenoxy) is 1. The van der Waals surface area contributed by atoms with E-state index < -0.39 is 0 Å². The van der Waals surface area contributed by atoms with Crippen molar-refractivity contribution in [1.82, 2.24) is 19.9 Å². The summed E-state index contributed by atoms with van der Waals surface area (Å²) in [5.74, 6) is 0.617. The van der Waals surface area contributed by atoms with Gasteiger partial charge < -0.3 is 15.4 Å². The molecule has 0 unspecified atom stereocenters. The van der Waals surface area contributed by atoms with Gasteiger partial charge in [0.1, 0.15) is 5.75 Å². The van der Waals surface area contributed by atoms with Crippen molar-refractivity contribution in [1.29, 1.82) is 0 Å². The van der Waals surface area contributed by atoms with Crippen LogP contribution in [0.3, 0.4) is 0 Å². The Labute approximate surface area is 123 Å². The van der Waals surface area contributed by atoms with Crippen molar-refractivity contribution in [3.8, 4) is 5.75 Å². The van der Waals surface area contributed by atoms with Crippen LogP contribution in [0.4, 0.5) is 0 Å². The van der Waals surface area contributed by atoms with Crippen molar-refractivity contribution in [2.75, 3.05) is 20.7 Å². The summed E-state index contributed by atoms with van der Waals surface area (Å²) in [4.78, 5) is 13.8. The Bertz CT molecular complexity index is 594. The Hall–Kier alpha value is -2.41. The second kappa shape index (κ2) is 6.85. The summed E-state index contributed by atoms with van der Waals surface area (Å²) in [5.41, 5.74) is 6.77. The molecule has 1 heterocycles. The van der Waals surface area contributed by atoms with E-state index in [2.05, 4.69) is 10.3 Å². The maximum atomic E-state index is 12.2. The van der Waals surface area contributed by atoms with E-state index in [0.29, 0.717) is 25.3 Å². The van der Waals surface area contributed by atoms with E-state index in [-0.39, 0.29) is 5.91 Å². The Kier molecular flexibility index (Phi) is 4.89. The van der Waals surface area contributed by atoms with Crippen molar-refractivity contribution < 1.29 is 9.53 Å². The smallest absolute Gasteiger partial charge is 0.276 e. The van der Waals surface area contributed by atoms with Crippen molar-refractivity contribution in [2.24, 2.45) is 5.73 Å². The minimum atomic E-state index is -0.172. The Morgan fingerprint density at radius 1 is 1.38 bits per heavy atom. The van der Waals surface area contributed by atoms with Gasteiger partial charge in [0.25, 0.3) is 5.91 Å². The number of aromatic nitrogens is 3. The zero-order valence-electron chi connectivity index (χ0n) is 12.2. The highest BCUT2D eigenvalue weighted by atomic mass is 16.5. The molecule has 112 valence electrons. The normalized spacial score (nSPS) is 10.4. The highest BCUT2D eigenvalue weighted by Gasteiger charge is 2.15. The van der Waals surface area contributed by atoms with Gasteiger partial charge in [0.2, 0.25) is 0 Å². The first-order valence-corrected chi connectivity index (χ1v) is 6.62. The Morgan fingerprint density at radius 3 is 2.71 bits per heavy atom. The van der Waals surface area contributed by atoms with Gasteiger partial charge in [-0.3, -0.25) is 9.48 Å². The van der Waals surface area contributed by atoms with Gasteiger partial charge in [-0.1, -0.05) is 17.3 Å². The van der Waals surface area contributed by atoms with Crippen LogP contribution >= 0.6 is 0 Å². The Morgan fingerprint density at radius 2 is 2.10 bits per heavy atom. The molecule has 0 fully saturated rings. The molecule has 7 heteroatoms. The lowest BCUT2D eigenvalue weighted by atomic mass is 10.2. The molecule has 1 aromatic heterocycles. The highest BCUT2D eigenvalue weighted by Crippen LogP contribution is 2.13. The number of methoxy groups -OCH3 is 1. The van der Waals surface area contributed by atoms with Gasteiger partial charge in [-0.05, 0) is 17.7 Å². The number of hydrogen-bond acceptors (Lipinski definition) is 5. The molecule has 0 radical (unpaired) electrons. The van der Waals surface area contributed by atoms with E-state index in [1.54, 1.807) is 29.9 Å². The minimum Gasteiger partial charge on any atom is -0.497 e. The third-order valence-electron chi connectivity index (χ3n) is 3.04. The molecule has 21 heavy (non-hydrogen) atoms. The number of carbonyl (C=O) groups excluding carboxylic acids is 1. The maximum absolute atomic E-state index is 12.2. The summed E-state index contributed by atoms with van der Waals surface area (Å²) >= 11 is 0. The lowest BCUT2D eigenvalue weighted by Crippen LogP contribution is -2.26. The minimum absolute atomic E-state index is 0.172. The molecule has 0 aliphatic heterocycles. The SMILES string of the molecule is COc1ccc(CN(C)C(=O)c2cn(CCN)nn2)cc1. The van der Waals surface area contributed by atoms with E-state index in [1.165, 1.54) is 0 Å². The second-order valence-electron chi connectivity index (χ2n) is 4.66. The van der Waals surface area contributed by atoms with Gasteiger partial charge in [0.15, 0.2) is 5.69 Å². The molecule has 2 aromatic rings. The first kappa shape index (κ1) is 15.0.